The van der Waals surface area contributed by atoms with Crippen LogP contribution in [0.1, 0.15) is 52.0 Å². The van der Waals surface area contributed by atoms with Crippen LogP contribution in [-0.4, -0.2) is 5.78 Å². The Balaban J connectivity index is 2.51. The topological polar surface area (TPSA) is 17.1 Å². The predicted molar refractivity (Wildman–Crippen MR) is 84.5 cm³/mol. The van der Waals surface area contributed by atoms with E-state index in [-0.39, 0.29) is 5.78 Å². The second kappa shape index (κ2) is 6.04. The van der Waals surface area contributed by atoms with E-state index in [2.05, 4.69) is 39.8 Å². The van der Waals surface area contributed by atoms with Crippen LogP contribution >= 0.6 is 0 Å². The van der Waals surface area contributed by atoms with E-state index >= 15 is 0 Å². The first-order chi connectivity index (χ1) is 9.56. The first-order valence-electron chi connectivity index (χ1n) is 7.30. The van der Waals surface area contributed by atoms with Crippen LogP contribution in [0.5, 0.6) is 0 Å². The quantitative estimate of drug-likeness (QED) is 0.736. The number of carbonyl (C=O) groups excluding carboxylic acids is 1. The molecule has 0 N–H and O–H groups in total. The monoisotopic (exact) mass is 266 g/mol. The van der Waals surface area contributed by atoms with Crippen molar-refractivity contribution in [2.45, 2.75) is 40.5 Å². The number of ketones is 1. The zero-order valence-electron chi connectivity index (χ0n) is 12.8. The van der Waals surface area contributed by atoms with E-state index in [0.717, 1.165) is 35.1 Å². The number of hydrogen-bond acceptors (Lipinski definition) is 1. The molecule has 1 heteroatoms. The molecular formula is C19H22O. The van der Waals surface area contributed by atoms with Gasteiger partial charge in [0.2, 0.25) is 0 Å². The van der Waals surface area contributed by atoms with E-state index < -0.39 is 0 Å². The molecule has 104 valence electrons. The number of benzene rings is 2. The summed E-state index contributed by atoms with van der Waals surface area (Å²) < 4.78 is 0. The Labute approximate surface area is 121 Å². The van der Waals surface area contributed by atoms with Crippen molar-refractivity contribution in [1.82, 2.24) is 0 Å². The minimum Gasteiger partial charge on any atom is -0.289 e. The summed E-state index contributed by atoms with van der Waals surface area (Å²) in [6.07, 6.45) is 1.77. The molecule has 2 aromatic rings. The molecule has 0 aliphatic carbocycles. The molecule has 0 unspecified atom stereocenters. The van der Waals surface area contributed by atoms with Crippen LogP contribution in [0.15, 0.2) is 36.4 Å². The molecule has 1 nitrogen and oxygen atoms in total. The van der Waals surface area contributed by atoms with Gasteiger partial charge in [-0.2, -0.15) is 0 Å². The molecule has 0 amide bonds. The lowest BCUT2D eigenvalue weighted by molar-refractivity contribution is 0.103. The highest BCUT2D eigenvalue weighted by Crippen LogP contribution is 2.21. The van der Waals surface area contributed by atoms with Crippen molar-refractivity contribution < 1.29 is 4.79 Å². The van der Waals surface area contributed by atoms with Crippen LogP contribution in [0.2, 0.25) is 0 Å². The smallest absolute Gasteiger partial charge is 0.193 e. The highest BCUT2D eigenvalue weighted by atomic mass is 16.1. The van der Waals surface area contributed by atoms with E-state index in [0.29, 0.717) is 0 Å². The molecule has 0 saturated carbocycles. The Kier molecular flexibility index (Phi) is 4.39. The highest BCUT2D eigenvalue weighted by Gasteiger charge is 2.15. The molecule has 2 rings (SSSR count). The average molecular weight is 266 g/mol. The minimum atomic E-state index is 0.152. The zero-order valence-corrected chi connectivity index (χ0v) is 12.8. The molecule has 0 spiro atoms. The van der Waals surface area contributed by atoms with Gasteiger partial charge in [-0.15, -0.1) is 0 Å². The maximum atomic E-state index is 12.8. The summed E-state index contributed by atoms with van der Waals surface area (Å²) in [5.41, 5.74) is 6.37. The second-order valence-electron chi connectivity index (χ2n) is 5.36. The second-order valence-corrected chi connectivity index (χ2v) is 5.36. The van der Waals surface area contributed by atoms with Crippen LogP contribution in [-0.2, 0) is 12.8 Å². The molecule has 2 aromatic carbocycles. The molecule has 0 bridgehead atoms. The standard InChI is InChI=1S/C19H22O/c1-5-15-11-13(3)7-9-17(15)19(20)18-10-8-14(4)12-16(18)6-2/h7-12H,5-6H2,1-4H3. The Bertz CT molecular complexity index is 583. The van der Waals surface area contributed by atoms with E-state index in [1.165, 1.54) is 11.1 Å². The molecule has 0 saturated heterocycles. The first-order valence-corrected chi connectivity index (χ1v) is 7.30. The third-order valence-corrected chi connectivity index (χ3v) is 3.77. The number of hydrogen-bond donors (Lipinski definition) is 0. The number of carbonyl (C=O) groups is 1. The van der Waals surface area contributed by atoms with Gasteiger partial charge in [0, 0.05) is 11.1 Å². The van der Waals surface area contributed by atoms with Crippen LogP contribution in [0.4, 0.5) is 0 Å². The zero-order chi connectivity index (χ0) is 14.7. The molecule has 20 heavy (non-hydrogen) atoms. The van der Waals surface area contributed by atoms with E-state index in [4.69, 9.17) is 0 Å². The average Bonchev–Trinajstić information content (AvgIpc) is 2.46. The third-order valence-electron chi connectivity index (χ3n) is 3.77. The molecule has 0 fully saturated rings. The van der Waals surface area contributed by atoms with Gasteiger partial charge < -0.3 is 0 Å². The van der Waals surface area contributed by atoms with E-state index in [9.17, 15) is 4.79 Å². The third kappa shape index (κ3) is 2.82. The van der Waals surface area contributed by atoms with Gasteiger partial charge in [-0.25, -0.2) is 0 Å². The number of aryl methyl sites for hydroxylation is 4. The highest BCUT2D eigenvalue weighted by molar-refractivity contribution is 6.10. The SMILES string of the molecule is CCc1cc(C)ccc1C(=O)c1ccc(C)cc1CC. The van der Waals surface area contributed by atoms with Crippen molar-refractivity contribution in [1.29, 1.82) is 0 Å². The first kappa shape index (κ1) is 14.5. The van der Waals surface area contributed by atoms with Gasteiger partial charge >= 0.3 is 0 Å². The fraction of sp³-hybridized carbons (Fsp3) is 0.316. The largest absolute Gasteiger partial charge is 0.289 e. The van der Waals surface area contributed by atoms with Crippen molar-refractivity contribution >= 4 is 5.78 Å². The molecule has 0 aromatic heterocycles. The summed E-state index contributed by atoms with van der Waals surface area (Å²) >= 11 is 0. The summed E-state index contributed by atoms with van der Waals surface area (Å²) in [6.45, 7) is 8.33. The molecule has 0 atom stereocenters. The van der Waals surface area contributed by atoms with Gasteiger partial charge in [0.25, 0.3) is 0 Å². The van der Waals surface area contributed by atoms with Crippen LogP contribution in [0.25, 0.3) is 0 Å². The summed E-state index contributed by atoms with van der Waals surface area (Å²) in [5.74, 6) is 0.152. The lowest BCUT2D eigenvalue weighted by atomic mass is 9.91. The lowest BCUT2D eigenvalue weighted by Crippen LogP contribution is -2.08. The van der Waals surface area contributed by atoms with Gasteiger partial charge in [0.15, 0.2) is 5.78 Å². The number of rotatable bonds is 4. The lowest BCUT2D eigenvalue weighted by Gasteiger charge is -2.12. The molecule has 0 heterocycles. The van der Waals surface area contributed by atoms with Gasteiger partial charge in [-0.05, 0) is 37.8 Å². The summed E-state index contributed by atoms with van der Waals surface area (Å²) in [4.78, 5) is 12.8. The van der Waals surface area contributed by atoms with Crippen molar-refractivity contribution in [2.75, 3.05) is 0 Å². The Morgan fingerprint density at radius 2 is 1.20 bits per heavy atom. The summed E-state index contributed by atoms with van der Waals surface area (Å²) in [6, 6.07) is 12.2. The van der Waals surface area contributed by atoms with Crippen molar-refractivity contribution in [3.8, 4) is 0 Å². The maximum Gasteiger partial charge on any atom is 0.193 e. The van der Waals surface area contributed by atoms with Crippen LogP contribution in [0.3, 0.4) is 0 Å². The van der Waals surface area contributed by atoms with Gasteiger partial charge in [-0.1, -0.05) is 61.4 Å². The van der Waals surface area contributed by atoms with Crippen LogP contribution in [0, 0.1) is 13.8 Å². The predicted octanol–water partition coefficient (Wildman–Crippen LogP) is 4.66. The Hall–Kier alpha value is -1.89. The molecule has 0 aliphatic heterocycles. The van der Waals surface area contributed by atoms with Gasteiger partial charge in [0.05, 0.1) is 0 Å². The Morgan fingerprint density at radius 1 is 0.800 bits per heavy atom. The summed E-state index contributed by atoms with van der Waals surface area (Å²) in [5, 5.41) is 0. The minimum absolute atomic E-state index is 0.152. The van der Waals surface area contributed by atoms with Crippen molar-refractivity contribution in [2.24, 2.45) is 0 Å². The summed E-state index contributed by atoms with van der Waals surface area (Å²) in [7, 11) is 0. The van der Waals surface area contributed by atoms with Crippen LogP contribution < -0.4 is 0 Å². The van der Waals surface area contributed by atoms with E-state index in [1.807, 2.05) is 24.3 Å². The van der Waals surface area contributed by atoms with E-state index in [1.54, 1.807) is 0 Å². The van der Waals surface area contributed by atoms with Gasteiger partial charge in [0.1, 0.15) is 0 Å². The Morgan fingerprint density at radius 3 is 1.55 bits per heavy atom. The van der Waals surface area contributed by atoms with Crippen molar-refractivity contribution in [3.63, 3.8) is 0 Å². The maximum absolute atomic E-state index is 12.8. The fourth-order valence-electron chi connectivity index (χ4n) is 2.62. The van der Waals surface area contributed by atoms with Gasteiger partial charge in [-0.3, -0.25) is 4.79 Å². The fourth-order valence-corrected chi connectivity index (χ4v) is 2.62. The normalized spacial score (nSPS) is 10.6. The molecule has 0 aliphatic rings. The van der Waals surface area contributed by atoms with Crippen molar-refractivity contribution in [3.05, 3.63) is 69.8 Å². The molecule has 0 radical (unpaired) electrons. The molecular weight excluding hydrogens is 244 g/mol.